The highest BCUT2D eigenvalue weighted by Crippen LogP contribution is 2.29. The van der Waals surface area contributed by atoms with Crippen molar-refractivity contribution in [3.05, 3.63) is 18.0 Å². The van der Waals surface area contributed by atoms with E-state index >= 15 is 0 Å². The van der Waals surface area contributed by atoms with Crippen molar-refractivity contribution in [3.63, 3.8) is 0 Å². The van der Waals surface area contributed by atoms with Crippen molar-refractivity contribution in [2.45, 2.75) is 38.3 Å². The summed E-state index contributed by atoms with van der Waals surface area (Å²) in [5, 5.41) is 13.5. The normalized spacial score (nSPS) is 22.1. The van der Waals surface area contributed by atoms with E-state index in [2.05, 4.69) is 5.10 Å². The number of amides is 2. The van der Waals surface area contributed by atoms with Crippen molar-refractivity contribution in [3.8, 4) is 0 Å². The third-order valence-electron chi connectivity index (χ3n) is 4.09. The SMILES string of the molecule is CN(Cc1cnn(C)c1)C(=O)N1CCCCC1(C)C(=O)O. The molecule has 1 aromatic heterocycles. The summed E-state index contributed by atoms with van der Waals surface area (Å²) in [6, 6.07) is -0.247. The number of hydrogen-bond donors (Lipinski definition) is 1. The predicted molar refractivity (Wildman–Crippen MR) is 76.7 cm³/mol. The number of piperidine rings is 1. The van der Waals surface area contributed by atoms with Gasteiger partial charge >= 0.3 is 12.0 Å². The fourth-order valence-electron chi connectivity index (χ4n) is 2.75. The van der Waals surface area contributed by atoms with Crippen molar-refractivity contribution >= 4 is 12.0 Å². The van der Waals surface area contributed by atoms with E-state index in [4.69, 9.17) is 0 Å². The van der Waals surface area contributed by atoms with Crippen LogP contribution < -0.4 is 0 Å². The molecule has 0 aliphatic carbocycles. The zero-order chi connectivity index (χ0) is 15.6. The Balaban J connectivity index is 2.11. The fraction of sp³-hybridized carbons (Fsp3) is 0.643. The van der Waals surface area contributed by atoms with Crippen LogP contribution >= 0.6 is 0 Å². The van der Waals surface area contributed by atoms with Gasteiger partial charge in [0.25, 0.3) is 0 Å². The average Bonchev–Trinajstić information content (AvgIpc) is 2.83. The number of nitrogens with zero attached hydrogens (tertiary/aromatic N) is 4. The molecule has 7 nitrogen and oxygen atoms in total. The van der Waals surface area contributed by atoms with E-state index in [0.717, 1.165) is 18.4 Å². The molecule has 1 aliphatic heterocycles. The molecule has 2 rings (SSSR count). The number of carboxylic acid groups (broad SMARTS) is 1. The van der Waals surface area contributed by atoms with Crippen LogP contribution in [0, 0.1) is 0 Å². The van der Waals surface area contributed by atoms with Crippen molar-refractivity contribution in [1.29, 1.82) is 0 Å². The van der Waals surface area contributed by atoms with Gasteiger partial charge in [0.15, 0.2) is 0 Å². The molecule has 0 bridgehead atoms. The van der Waals surface area contributed by atoms with Crippen LogP contribution in [0.3, 0.4) is 0 Å². The van der Waals surface area contributed by atoms with E-state index in [0.29, 0.717) is 19.5 Å². The van der Waals surface area contributed by atoms with Gasteiger partial charge in [-0.25, -0.2) is 9.59 Å². The van der Waals surface area contributed by atoms with Gasteiger partial charge in [-0.3, -0.25) is 4.68 Å². The van der Waals surface area contributed by atoms with Crippen molar-refractivity contribution in [1.82, 2.24) is 19.6 Å². The van der Waals surface area contributed by atoms with Crippen LogP contribution in [0.1, 0.15) is 31.7 Å². The summed E-state index contributed by atoms with van der Waals surface area (Å²) in [5.74, 6) is -0.940. The molecule has 7 heteroatoms. The molecule has 1 unspecified atom stereocenters. The molecule has 21 heavy (non-hydrogen) atoms. The van der Waals surface area contributed by atoms with Crippen LogP contribution in [-0.4, -0.2) is 55.8 Å². The molecule has 116 valence electrons. The van der Waals surface area contributed by atoms with Gasteiger partial charge in [-0.1, -0.05) is 0 Å². The standard InChI is InChI=1S/C14H22N4O3/c1-14(12(19)20)6-4-5-7-18(14)13(21)16(2)9-11-8-15-17(3)10-11/h8,10H,4-7,9H2,1-3H3,(H,19,20). The van der Waals surface area contributed by atoms with Gasteiger partial charge in [-0.2, -0.15) is 5.10 Å². The number of rotatable bonds is 3. The third kappa shape index (κ3) is 3.01. The molecule has 0 aromatic carbocycles. The molecular formula is C14H22N4O3. The fourth-order valence-corrected chi connectivity index (χ4v) is 2.75. The van der Waals surface area contributed by atoms with Crippen LogP contribution in [-0.2, 0) is 18.4 Å². The van der Waals surface area contributed by atoms with Gasteiger partial charge in [0.2, 0.25) is 0 Å². The Kier molecular flexibility index (Phi) is 4.20. The quantitative estimate of drug-likeness (QED) is 0.911. The minimum atomic E-state index is -1.11. The first-order valence-corrected chi connectivity index (χ1v) is 7.08. The Labute approximate surface area is 124 Å². The molecule has 2 amide bonds. The number of carboxylic acids is 1. The maximum absolute atomic E-state index is 12.6. The zero-order valence-corrected chi connectivity index (χ0v) is 12.7. The first-order valence-electron chi connectivity index (χ1n) is 7.08. The Morgan fingerprint density at radius 3 is 2.76 bits per heavy atom. The van der Waals surface area contributed by atoms with Crippen molar-refractivity contribution < 1.29 is 14.7 Å². The number of carbonyl (C=O) groups is 2. The number of aromatic nitrogens is 2. The lowest BCUT2D eigenvalue weighted by atomic mass is 9.89. The molecule has 0 spiro atoms. The largest absolute Gasteiger partial charge is 0.480 e. The first-order chi connectivity index (χ1) is 9.84. The molecule has 1 fully saturated rings. The van der Waals surface area contributed by atoms with E-state index in [1.165, 1.54) is 4.90 Å². The summed E-state index contributed by atoms with van der Waals surface area (Å²) in [4.78, 5) is 27.2. The number of carbonyl (C=O) groups excluding carboxylic acids is 1. The van der Waals surface area contributed by atoms with Gasteiger partial charge in [-0.15, -0.1) is 0 Å². The van der Waals surface area contributed by atoms with Crippen molar-refractivity contribution in [2.75, 3.05) is 13.6 Å². The lowest BCUT2D eigenvalue weighted by molar-refractivity contribution is -0.150. The molecule has 0 saturated carbocycles. The summed E-state index contributed by atoms with van der Waals surface area (Å²) >= 11 is 0. The van der Waals surface area contributed by atoms with Gasteiger partial charge < -0.3 is 14.9 Å². The van der Waals surface area contributed by atoms with Crippen LogP contribution in [0.25, 0.3) is 0 Å². The van der Waals surface area contributed by atoms with Gasteiger partial charge in [0.1, 0.15) is 5.54 Å². The second kappa shape index (κ2) is 5.75. The van der Waals surface area contributed by atoms with Crippen LogP contribution in [0.2, 0.25) is 0 Å². The second-order valence-corrected chi connectivity index (χ2v) is 5.85. The molecule has 1 aromatic rings. The van der Waals surface area contributed by atoms with Gasteiger partial charge in [0, 0.05) is 32.4 Å². The number of aryl methyl sites for hydroxylation is 1. The summed E-state index contributed by atoms with van der Waals surface area (Å²) in [5.41, 5.74) is -0.194. The molecule has 2 heterocycles. The molecule has 1 atom stereocenters. The molecule has 1 saturated heterocycles. The van der Waals surface area contributed by atoms with E-state index in [-0.39, 0.29) is 6.03 Å². The highest BCUT2D eigenvalue weighted by atomic mass is 16.4. The summed E-state index contributed by atoms with van der Waals surface area (Å²) < 4.78 is 1.68. The Morgan fingerprint density at radius 2 is 2.19 bits per heavy atom. The Hall–Kier alpha value is -2.05. The lowest BCUT2D eigenvalue weighted by Crippen LogP contribution is -2.60. The van der Waals surface area contributed by atoms with E-state index in [1.807, 2.05) is 13.2 Å². The third-order valence-corrected chi connectivity index (χ3v) is 4.09. The van der Waals surface area contributed by atoms with E-state index in [9.17, 15) is 14.7 Å². The number of likely N-dealkylation sites (tertiary alicyclic amines) is 1. The molecule has 1 N–H and O–H groups in total. The Bertz CT molecular complexity index is 542. The first kappa shape index (κ1) is 15.3. The number of hydrogen-bond acceptors (Lipinski definition) is 3. The molecular weight excluding hydrogens is 272 g/mol. The minimum Gasteiger partial charge on any atom is -0.480 e. The Morgan fingerprint density at radius 1 is 1.48 bits per heavy atom. The van der Waals surface area contributed by atoms with Crippen LogP contribution in [0.5, 0.6) is 0 Å². The minimum absolute atomic E-state index is 0.247. The average molecular weight is 294 g/mol. The highest BCUT2D eigenvalue weighted by molar-refractivity contribution is 5.86. The smallest absolute Gasteiger partial charge is 0.329 e. The number of urea groups is 1. The van der Waals surface area contributed by atoms with Gasteiger partial charge in [-0.05, 0) is 26.2 Å². The van der Waals surface area contributed by atoms with E-state index < -0.39 is 11.5 Å². The summed E-state index contributed by atoms with van der Waals surface area (Å²) in [7, 11) is 3.50. The maximum atomic E-state index is 12.6. The monoisotopic (exact) mass is 294 g/mol. The maximum Gasteiger partial charge on any atom is 0.329 e. The van der Waals surface area contributed by atoms with Crippen LogP contribution in [0.4, 0.5) is 4.79 Å². The summed E-state index contributed by atoms with van der Waals surface area (Å²) in [6.45, 7) is 2.53. The topological polar surface area (TPSA) is 78.7 Å². The molecule has 0 radical (unpaired) electrons. The van der Waals surface area contributed by atoms with Crippen molar-refractivity contribution in [2.24, 2.45) is 7.05 Å². The van der Waals surface area contributed by atoms with Gasteiger partial charge in [0.05, 0.1) is 12.7 Å². The molecule has 1 aliphatic rings. The van der Waals surface area contributed by atoms with Crippen LogP contribution in [0.15, 0.2) is 12.4 Å². The predicted octanol–water partition coefficient (Wildman–Crippen LogP) is 1.30. The zero-order valence-electron chi connectivity index (χ0n) is 12.7. The highest BCUT2D eigenvalue weighted by Gasteiger charge is 2.44. The second-order valence-electron chi connectivity index (χ2n) is 5.85. The van der Waals surface area contributed by atoms with E-state index in [1.54, 1.807) is 29.7 Å². The summed E-state index contributed by atoms with van der Waals surface area (Å²) in [6.07, 6.45) is 5.72. The number of aliphatic carboxylic acids is 1. The lowest BCUT2D eigenvalue weighted by Gasteiger charge is -2.43.